The van der Waals surface area contributed by atoms with E-state index < -0.39 is 0 Å². The van der Waals surface area contributed by atoms with Crippen LogP contribution in [0.1, 0.15) is 25.5 Å². The van der Waals surface area contributed by atoms with Gasteiger partial charge in [-0.3, -0.25) is 0 Å². The fourth-order valence-corrected chi connectivity index (χ4v) is 1.83. The number of nitrogens with two attached hydrogens (primary N) is 2. The topological polar surface area (TPSA) is 69.9 Å². The summed E-state index contributed by atoms with van der Waals surface area (Å²) in [6.07, 6.45) is 0. The predicted molar refractivity (Wildman–Crippen MR) is 62.4 cm³/mol. The second-order valence-electron chi connectivity index (χ2n) is 3.96. The Hall–Kier alpha value is -1.55. The lowest BCUT2D eigenvalue weighted by Gasteiger charge is -2.10. The summed E-state index contributed by atoms with van der Waals surface area (Å²) in [7, 11) is 0. The van der Waals surface area contributed by atoms with Crippen LogP contribution in [0.5, 0.6) is 0 Å². The monoisotopic (exact) mass is 204 g/mol. The molecule has 1 aromatic carbocycles. The van der Waals surface area contributed by atoms with E-state index in [1.807, 2.05) is 16.7 Å². The standard InChI is InChI=1S/C11H16N4/c1-7(2)15-10-5-8(6-12)3-4-9(10)14-11(15)13/h3-5,7H,6,12H2,1-2H3,(H2,13,14). The average molecular weight is 204 g/mol. The van der Waals surface area contributed by atoms with Crippen molar-refractivity contribution >= 4 is 17.0 Å². The highest BCUT2D eigenvalue weighted by Crippen LogP contribution is 2.23. The summed E-state index contributed by atoms with van der Waals surface area (Å²) >= 11 is 0. The highest BCUT2D eigenvalue weighted by molar-refractivity contribution is 5.79. The van der Waals surface area contributed by atoms with Crippen LogP contribution in [0.3, 0.4) is 0 Å². The zero-order valence-corrected chi connectivity index (χ0v) is 9.07. The van der Waals surface area contributed by atoms with Gasteiger partial charge in [-0.05, 0) is 31.5 Å². The van der Waals surface area contributed by atoms with E-state index in [-0.39, 0.29) is 0 Å². The molecule has 0 atom stereocenters. The maximum Gasteiger partial charge on any atom is 0.201 e. The van der Waals surface area contributed by atoms with Crippen molar-refractivity contribution in [1.82, 2.24) is 9.55 Å². The quantitative estimate of drug-likeness (QED) is 0.781. The van der Waals surface area contributed by atoms with Crippen molar-refractivity contribution in [3.05, 3.63) is 23.8 Å². The maximum atomic E-state index is 5.87. The molecule has 0 unspecified atom stereocenters. The zero-order chi connectivity index (χ0) is 11.0. The maximum absolute atomic E-state index is 5.87. The Labute approximate surface area is 88.9 Å². The molecule has 0 aliphatic heterocycles. The SMILES string of the molecule is CC(C)n1c(N)nc2ccc(CN)cc21. The molecule has 2 aromatic rings. The highest BCUT2D eigenvalue weighted by Gasteiger charge is 2.10. The summed E-state index contributed by atoms with van der Waals surface area (Å²) in [6, 6.07) is 6.31. The van der Waals surface area contributed by atoms with Gasteiger partial charge in [-0.15, -0.1) is 0 Å². The van der Waals surface area contributed by atoms with E-state index in [0.29, 0.717) is 18.5 Å². The molecule has 0 bridgehead atoms. The molecule has 0 radical (unpaired) electrons. The van der Waals surface area contributed by atoms with Gasteiger partial charge in [0.1, 0.15) is 0 Å². The van der Waals surface area contributed by atoms with Crippen molar-refractivity contribution in [2.24, 2.45) is 5.73 Å². The Morgan fingerprint density at radius 1 is 1.40 bits per heavy atom. The van der Waals surface area contributed by atoms with Gasteiger partial charge in [-0.1, -0.05) is 6.07 Å². The molecule has 4 nitrogen and oxygen atoms in total. The molecule has 1 aromatic heterocycles. The molecule has 0 aliphatic carbocycles. The lowest BCUT2D eigenvalue weighted by Crippen LogP contribution is -2.05. The van der Waals surface area contributed by atoms with Crippen molar-refractivity contribution in [1.29, 1.82) is 0 Å². The number of nitrogen functional groups attached to an aromatic ring is 1. The first kappa shape index (κ1) is 9.98. The van der Waals surface area contributed by atoms with Crippen LogP contribution >= 0.6 is 0 Å². The van der Waals surface area contributed by atoms with Crippen LogP contribution < -0.4 is 11.5 Å². The molecule has 0 amide bonds. The van der Waals surface area contributed by atoms with Crippen LogP contribution in [-0.2, 0) is 6.54 Å². The summed E-state index contributed by atoms with van der Waals surface area (Å²) < 4.78 is 2.02. The number of rotatable bonds is 2. The molecule has 0 aliphatic rings. The van der Waals surface area contributed by atoms with E-state index in [2.05, 4.69) is 24.9 Å². The van der Waals surface area contributed by atoms with Crippen molar-refractivity contribution in [3.8, 4) is 0 Å². The van der Waals surface area contributed by atoms with Gasteiger partial charge in [0.25, 0.3) is 0 Å². The zero-order valence-electron chi connectivity index (χ0n) is 9.07. The largest absolute Gasteiger partial charge is 0.369 e. The van der Waals surface area contributed by atoms with E-state index in [1.165, 1.54) is 0 Å². The number of hydrogen-bond donors (Lipinski definition) is 2. The van der Waals surface area contributed by atoms with Crippen molar-refractivity contribution < 1.29 is 0 Å². The lowest BCUT2D eigenvalue weighted by molar-refractivity contribution is 0.626. The van der Waals surface area contributed by atoms with Gasteiger partial charge in [0.05, 0.1) is 11.0 Å². The summed E-state index contributed by atoms with van der Waals surface area (Å²) in [4.78, 5) is 4.31. The van der Waals surface area contributed by atoms with Gasteiger partial charge < -0.3 is 16.0 Å². The van der Waals surface area contributed by atoms with Gasteiger partial charge in [0, 0.05) is 12.6 Å². The number of benzene rings is 1. The molecule has 15 heavy (non-hydrogen) atoms. The van der Waals surface area contributed by atoms with Crippen LogP contribution in [0.4, 0.5) is 5.95 Å². The minimum Gasteiger partial charge on any atom is -0.369 e. The second kappa shape index (κ2) is 3.55. The summed E-state index contributed by atoms with van der Waals surface area (Å²) in [5.74, 6) is 0.564. The number of fused-ring (bicyclic) bond motifs is 1. The Balaban J connectivity index is 2.72. The molecular formula is C11H16N4. The smallest absolute Gasteiger partial charge is 0.201 e. The molecule has 1 heterocycles. The Morgan fingerprint density at radius 2 is 2.13 bits per heavy atom. The number of nitrogens with zero attached hydrogens (tertiary/aromatic N) is 2. The van der Waals surface area contributed by atoms with Crippen LogP contribution in [-0.4, -0.2) is 9.55 Å². The molecular weight excluding hydrogens is 188 g/mol. The first-order chi connectivity index (χ1) is 7.13. The fourth-order valence-electron chi connectivity index (χ4n) is 1.83. The minimum absolute atomic E-state index is 0.308. The van der Waals surface area contributed by atoms with Gasteiger partial charge in [-0.2, -0.15) is 0 Å². The van der Waals surface area contributed by atoms with Crippen molar-refractivity contribution in [3.63, 3.8) is 0 Å². The van der Waals surface area contributed by atoms with E-state index in [0.717, 1.165) is 16.6 Å². The third-order valence-corrected chi connectivity index (χ3v) is 2.53. The van der Waals surface area contributed by atoms with Crippen molar-refractivity contribution in [2.75, 3.05) is 5.73 Å². The van der Waals surface area contributed by atoms with Crippen LogP contribution in [0.25, 0.3) is 11.0 Å². The van der Waals surface area contributed by atoms with E-state index in [1.54, 1.807) is 0 Å². The molecule has 80 valence electrons. The van der Waals surface area contributed by atoms with Gasteiger partial charge in [0.15, 0.2) is 0 Å². The van der Waals surface area contributed by atoms with Gasteiger partial charge in [0.2, 0.25) is 5.95 Å². The van der Waals surface area contributed by atoms with Crippen LogP contribution in [0, 0.1) is 0 Å². The number of imidazole rings is 1. The molecule has 0 spiro atoms. The number of hydrogen-bond acceptors (Lipinski definition) is 3. The van der Waals surface area contributed by atoms with Gasteiger partial charge >= 0.3 is 0 Å². The van der Waals surface area contributed by atoms with Crippen molar-refractivity contribution in [2.45, 2.75) is 26.4 Å². The Morgan fingerprint density at radius 3 is 2.73 bits per heavy atom. The molecule has 4 N–H and O–H groups in total. The van der Waals surface area contributed by atoms with Crippen LogP contribution in [0.15, 0.2) is 18.2 Å². The molecule has 0 saturated heterocycles. The number of aromatic nitrogens is 2. The van der Waals surface area contributed by atoms with Gasteiger partial charge in [-0.25, -0.2) is 4.98 Å². The normalized spacial score (nSPS) is 11.5. The second-order valence-corrected chi connectivity index (χ2v) is 3.96. The third-order valence-electron chi connectivity index (χ3n) is 2.53. The Kier molecular flexibility index (Phi) is 2.36. The van der Waals surface area contributed by atoms with Crippen LogP contribution in [0.2, 0.25) is 0 Å². The molecule has 4 heteroatoms. The highest BCUT2D eigenvalue weighted by atomic mass is 15.2. The fraction of sp³-hybridized carbons (Fsp3) is 0.364. The molecule has 0 fully saturated rings. The summed E-state index contributed by atoms with van der Waals surface area (Å²) in [5, 5.41) is 0. The lowest BCUT2D eigenvalue weighted by atomic mass is 10.2. The predicted octanol–water partition coefficient (Wildman–Crippen LogP) is 1.66. The summed E-state index contributed by atoms with van der Waals surface area (Å²) in [6.45, 7) is 4.72. The minimum atomic E-state index is 0.308. The third kappa shape index (κ3) is 1.57. The average Bonchev–Trinajstić information content (AvgIpc) is 2.52. The summed E-state index contributed by atoms with van der Waals surface area (Å²) in [5.41, 5.74) is 14.6. The Bertz CT molecular complexity index is 485. The first-order valence-electron chi connectivity index (χ1n) is 5.10. The molecule has 2 rings (SSSR count). The van der Waals surface area contributed by atoms with E-state index in [4.69, 9.17) is 11.5 Å². The van der Waals surface area contributed by atoms with E-state index in [9.17, 15) is 0 Å². The molecule has 0 saturated carbocycles. The van der Waals surface area contributed by atoms with E-state index >= 15 is 0 Å². The number of anilines is 1. The first-order valence-corrected chi connectivity index (χ1v) is 5.10.